The number of carbonyl (C=O) groups is 1. The van der Waals surface area contributed by atoms with Gasteiger partial charge in [-0.1, -0.05) is 12.1 Å². The van der Waals surface area contributed by atoms with E-state index in [2.05, 4.69) is 15.3 Å². The number of amides is 1. The van der Waals surface area contributed by atoms with Crippen LogP contribution >= 0.6 is 0 Å². The van der Waals surface area contributed by atoms with Gasteiger partial charge in [-0.25, -0.2) is 9.18 Å². The lowest BCUT2D eigenvalue weighted by atomic mass is 10.2. The van der Waals surface area contributed by atoms with Crippen molar-refractivity contribution in [3.05, 3.63) is 58.3 Å². The Morgan fingerprint density at radius 3 is 2.84 bits per heavy atom. The first kappa shape index (κ1) is 22.2. The Morgan fingerprint density at radius 1 is 1.31 bits per heavy atom. The molecule has 4 rings (SSSR count). The van der Waals surface area contributed by atoms with Crippen LogP contribution in [0.2, 0.25) is 0 Å². The van der Waals surface area contributed by atoms with Crippen LogP contribution in [0.4, 0.5) is 4.39 Å². The fourth-order valence-electron chi connectivity index (χ4n) is 3.95. The van der Waals surface area contributed by atoms with E-state index in [1.165, 1.54) is 4.57 Å². The first-order valence-corrected chi connectivity index (χ1v) is 11.1. The number of nitrogens with zero attached hydrogens (tertiary/aromatic N) is 3. The summed E-state index contributed by atoms with van der Waals surface area (Å²) in [6.07, 6.45) is 2.98. The van der Waals surface area contributed by atoms with E-state index < -0.39 is 6.17 Å². The number of alkyl halides is 1. The summed E-state index contributed by atoms with van der Waals surface area (Å²) >= 11 is 0. The molecule has 0 spiro atoms. The van der Waals surface area contributed by atoms with Gasteiger partial charge in [0.1, 0.15) is 11.8 Å². The topological polar surface area (TPSA) is 109 Å². The number of aryl methyl sites for hydroxylation is 1. The second-order valence-corrected chi connectivity index (χ2v) is 8.20. The number of hydrogen-bond donors (Lipinski definition) is 3. The average Bonchev–Trinajstić information content (AvgIpc) is 3.40. The quantitative estimate of drug-likeness (QED) is 0.439. The number of aromatic amines is 1. The Labute approximate surface area is 185 Å². The third kappa shape index (κ3) is 5.23. The van der Waals surface area contributed by atoms with Crippen LogP contribution in [0.15, 0.2) is 41.3 Å². The molecule has 1 amide bonds. The number of H-pyrrole nitrogens is 1. The zero-order valence-electron chi connectivity index (χ0n) is 18.0. The highest BCUT2D eigenvalue weighted by Gasteiger charge is 2.25. The largest absolute Gasteiger partial charge is 0.354 e. The number of benzene rings is 1. The molecule has 9 heteroatoms. The predicted octanol–water partition coefficient (Wildman–Crippen LogP) is 1.66. The van der Waals surface area contributed by atoms with Crippen LogP contribution in [-0.4, -0.2) is 57.7 Å². The second-order valence-electron chi connectivity index (χ2n) is 8.20. The number of carbonyl (C=O) groups excluding carboxylic acids is 1. The molecule has 0 radical (unpaired) electrons. The second kappa shape index (κ2) is 10.1. The van der Waals surface area contributed by atoms with Crippen molar-refractivity contribution in [2.75, 3.05) is 26.2 Å². The van der Waals surface area contributed by atoms with Gasteiger partial charge in [-0.2, -0.15) is 4.98 Å². The Kier molecular flexibility index (Phi) is 6.96. The molecule has 1 aliphatic heterocycles. The van der Waals surface area contributed by atoms with Gasteiger partial charge in [0, 0.05) is 36.8 Å². The summed E-state index contributed by atoms with van der Waals surface area (Å²) in [4.78, 5) is 33.7. The van der Waals surface area contributed by atoms with E-state index in [0.717, 1.165) is 41.8 Å². The molecule has 4 N–H and O–H groups in total. The Balaban J connectivity index is 1.43. The first-order chi connectivity index (χ1) is 15.5. The third-order valence-electron chi connectivity index (χ3n) is 5.76. The van der Waals surface area contributed by atoms with Crippen molar-refractivity contribution >= 4 is 16.9 Å². The summed E-state index contributed by atoms with van der Waals surface area (Å²) in [7, 11) is 0. The lowest BCUT2D eigenvalue weighted by Crippen LogP contribution is -2.29. The van der Waals surface area contributed by atoms with Crippen molar-refractivity contribution in [1.29, 1.82) is 0 Å². The number of halogens is 1. The number of hydrogen-bond acceptors (Lipinski definition) is 5. The standard InChI is InChI=1S/C23H29FN6O2/c24-18-8-11-29(15-18)21(31)7-4-19-12-17-14-30(23(32)28-22(17)27-19)20-5-2-16(3-6-20)13-26-10-1-9-25/h2-3,5-6,12,14,18,26H,1,4,7-11,13,15,25H2,(H,27,28,32)/t18-/m0/s1. The molecule has 2 aromatic heterocycles. The highest BCUT2D eigenvalue weighted by atomic mass is 19.1. The minimum absolute atomic E-state index is 0.0473. The molecule has 0 aliphatic carbocycles. The van der Waals surface area contributed by atoms with E-state index in [1.54, 1.807) is 11.1 Å². The summed E-state index contributed by atoms with van der Waals surface area (Å²) in [5.41, 5.74) is 8.31. The molecule has 1 saturated heterocycles. The molecule has 1 aromatic carbocycles. The van der Waals surface area contributed by atoms with Gasteiger partial charge in [-0.3, -0.25) is 9.36 Å². The van der Waals surface area contributed by atoms with Crippen LogP contribution < -0.4 is 16.7 Å². The molecule has 0 bridgehead atoms. The maximum atomic E-state index is 13.3. The first-order valence-electron chi connectivity index (χ1n) is 11.1. The van der Waals surface area contributed by atoms with Crippen LogP contribution in [-0.2, 0) is 17.8 Å². The molecule has 0 saturated carbocycles. The minimum atomic E-state index is -0.913. The molecule has 32 heavy (non-hydrogen) atoms. The molecule has 1 aliphatic rings. The SMILES string of the molecule is NCCCNCc1ccc(-n2cc3cc(CCC(=O)N4CC[C@H](F)C4)[nH]c3nc2=O)cc1. The van der Waals surface area contributed by atoms with E-state index in [-0.39, 0.29) is 18.1 Å². The zero-order valence-corrected chi connectivity index (χ0v) is 18.0. The van der Waals surface area contributed by atoms with Gasteiger partial charge in [0.15, 0.2) is 0 Å². The summed E-state index contributed by atoms with van der Waals surface area (Å²) in [6, 6.07) is 9.67. The van der Waals surface area contributed by atoms with Crippen molar-refractivity contribution in [2.24, 2.45) is 5.73 Å². The summed E-state index contributed by atoms with van der Waals surface area (Å²) in [5.74, 6) is -0.0473. The van der Waals surface area contributed by atoms with Gasteiger partial charge in [0.25, 0.3) is 0 Å². The molecule has 1 atom stereocenters. The minimum Gasteiger partial charge on any atom is -0.343 e. The molecule has 0 unspecified atom stereocenters. The molecule has 170 valence electrons. The third-order valence-corrected chi connectivity index (χ3v) is 5.76. The number of fused-ring (bicyclic) bond motifs is 1. The van der Waals surface area contributed by atoms with Gasteiger partial charge in [-0.05, 0) is 56.1 Å². The smallest absolute Gasteiger partial charge is 0.343 e. The summed E-state index contributed by atoms with van der Waals surface area (Å²) in [6.45, 7) is 2.95. The van der Waals surface area contributed by atoms with Crippen molar-refractivity contribution in [2.45, 2.75) is 38.4 Å². The maximum Gasteiger partial charge on any atom is 0.354 e. The van der Waals surface area contributed by atoms with Crippen molar-refractivity contribution in [1.82, 2.24) is 24.8 Å². The van der Waals surface area contributed by atoms with Gasteiger partial charge in [-0.15, -0.1) is 0 Å². The maximum absolute atomic E-state index is 13.3. The predicted molar refractivity (Wildman–Crippen MR) is 121 cm³/mol. The molecule has 3 heterocycles. The van der Waals surface area contributed by atoms with Gasteiger partial charge >= 0.3 is 5.69 Å². The Morgan fingerprint density at radius 2 is 2.12 bits per heavy atom. The van der Waals surface area contributed by atoms with E-state index in [0.29, 0.717) is 38.0 Å². The summed E-state index contributed by atoms with van der Waals surface area (Å²) < 4.78 is 14.8. The molecular formula is C23H29FN6O2. The van der Waals surface area contributed by atoms with E-state index >= 15 is 0 Å². The lowest BCUT2D eigenvalue weighted by Gasteiger charge is -2.14. The van der Waals surface area contributed by atoms with Gasteiger partial charge in [0.05, 0.1) is 12.2 Å². The van der Waals surface area contributed by atoms with Crippen molar-refractivity contribution in [3.8, 4) is 5.69 Å². The number of nitrogens with one attached hydrogen (secondary N) is 2. The molecule has 3 aromatic rings. The normalized spacial score (nSPS) is 16.2. The van der Waals surface area contributed by atoms with Crippen LogP contribution in [0.5, 0.6) is 0 Å². The zero-order chi connectivity index (χ0) is 22.5. The fourth-order valence-corrected chi connectivity index (χ4v) is 3.95. The molecule has 8 nitrogen and oxygen atoms in total. The van der Waals surface area contributed by atoms with Crippen LogP contribution in [0.3, 0.4) is 0 Å². The molecular weight excluding hydrogens is 411 g/mol. The Bertz CT molecular complexity index is 1120. The van der Waals surface area contributed by atoms with Crippen LogP contribution in [0.1, 0.15) is 30.5 Å². The van der Waals surface area contributed by atoms with Crippen molar-refractivity contribution in [3.63, 3.8) is 0 Å². The number of aromatic nitrogens is 3. The van der Waals surface area contributed by atoms with E-state index in [1.807, 2.05) is 30.3 Å². The number of nitrogens with two attached hydrogens (primary N) is 1. The van der Waals surface area contributed by atoms with E-state index in [9.17, 15) is 14.0 Å². The van der Waals surface area contributed by atoms with Crippen LogP contribution in [0.25, 0.3) is 16.7 Å². The van der Waals surface area contributed by atoms with Crippen molar-refractivity contribution < 1.29 is 9.18 Å². The lowest BCUT2D eigenvalue weighted by molar-refractivity contribution is -0.130. The van der Waals surface area contributed by atoms with Gasteiger partial charge < -0.3 is 20.9 Å². The highest BCUT2D eigenvalue weighted by molar-refractivity contribution is 5.78. The Hall–Kier alpha value is -3.04. The van der Waals surface area contributed by atoms with Gasteiger partial charge in [0.2, 0.25) is 5.91 Å². The highest BCUT2D eigenvalue weighted by Crippen LogP contribution is 2.17. The monoisotopic (exact) mass is 440 g/mol. The average molecular weight is 441 g/mol. The summed E-state index contributed by atoms with van der Waals surface area (Å²) in [5, 5.41) is 4.13. The number of likely N-dealkylation sites (tertiary alicyclic amines) is 1. The van der Waals surface area contributed by atoms with E-state index in [4.69, 9.17) is 5.73 Å². The fraction of sp³-hybridized carbons (Fsp3) is 0.435. The molecule has 1 fully saturated rings. The van der Waals surface area contributed by atoms with Crippen LogP contribution in [0, 0.1) is 0 Å². The number of rotatable bonds is 9.